The molecule has 0 saturated heterocycles. The van der Waals surface area contributed by atoms with Gasteiger partial charge in [0.1, 0.15) is 0 Å². The van der Waals surface area contributed by atoms with E-state index in [1.54, 1.807) is 0 Å². The molecule has 0 rings (SSSR count). The van der Waals surface area contributed by atoms with Crippen molar-refractivity contribution in [2.24, 2.45) is 0 Å². The molecule has 1 N–H and O–H groups in total. The minimum atomic E-state index is -4.02. The summed E-state index contributed by atoms with van der Waals surface area (Å²) in [5.41, 5.74) is 0. The lowest BCUT2D eigenvalue weighted by Crippen LogP contribution is -2.35. The standard InChI is InChI=1S/C15H31F3N2/c1-5-20(6-2)12-8-10-14(4)19-13(3)9-7-11-15(16,17)18/h13-14,19H,5-12H2,1-4H3. The largest absolute Gasteiger partial charge is 0.389 e. The molecule has 0 heterocycles. The van der Waals surface area contributed by atoms with E-state index in [2.05, 4.69) is 31.0 Å². The maximum absolute atomic E-state index is 12.1. The van der Waals surface area contributed by atoms with Gasteiger partial charge in [-0.15, -0.1) is 0 Å². The zero-order chi connectivity index (χ0) is 15.6. The summed E-state index contributed by atoms with van der Waals surface area (Å²) >= 11 is 0. The lowest BCUT2D eigenvalue weighted by atomic mass is 10.1. The van der Waals surface area contributed by atoms with E-state index in [9.17, 15) is 13.2 Å². The molecular formula is C15H31F3N2. The first kappa shape index (κ1) is 19.7. The zero-order valence-corrected chi connectivity index (χ0v) is 13.4. The van der Waals surface area contributed by atoms with Crippen molar-refractivity contribution in [1.29, 1.82) is 0 Å². The predicted molar refractivity (Wildman–Crippen MR) is 79.0 cm³/mol. The Morgan fingerprint density at radius 1 is 0.950 bits per heavy atom. The fourth-order valence-electron chi connectivity index (χ4n) is 2.42. The maximum Gasteiger partial charge on any atom is 0.389 e. The first-order chi connectivity index (χ1) is 9.28. The Bertz CT molecular complexity index is 228. The highest BCUT2D eigenvalue weighted by molar-refractivity contribution is 4.69. The third-order valence-corrected chi connectivity index (χ3v) is 3.67. The van der Waals surface area contributed by atoms with E-state index in [0.717, 1.165) is 32.5 Å². The highest BCUT2D eigenvalue weighted by Crippen LogP contribution is 2.22. The molecular weight excluding hydrogens is 265 g/mol. The van der Waals surface area contributed by atoms with Crippen LogP contribution in [-0.4, -0.2) is 42.8 Å². The summed E-state index contributed by atoms with van der Waals surface area (Å²) in [6, 6.07) is 0.521. The van der Waals surface area contributed by atoms with Crippen molar-refractivity contribution in [3.8, 4) is 0 Å². The second-order valence-corrected chi connectivity index (χ2v) is 5.65. The second kappa shape index (κ2) is 10.4. The van der Waals surface area contributed by atoms with E-state index < -0.39 is 12.6 Å². The predicted octanol–water partition coefficient (Wildman–Crippen LogP) is 4.21. The number of nitrogens with zero attached hydrogens (tertiary/aromatic N) is 1. The van der Waals surface area contributed by atoms with Gasteiger partial charge in [-0.1, -0.05) is 13.8 Å². The summed E-state index contributed by atoms with van der Waals surface area (Å²) in [7, 11) is 0. The van der Waals surface area contributed by atoms with Crippen LogP contribution in [0.2, 0.25) is 0 Å². The molecule has 0 radical (unpaired) electrons. The zero-order valence-electron chi connectivity index (χ0n) is 13.4. The van der Waals surface area contributed by atoms with Crippen LogP contribution < -0.4 is 5.32 Å². The summed E-state index contributed by atoms with van der Waals surface area (Å²) < 4.78 is 36.2. The van der Waals surface area contributed by atoms with Crippen LogP contribution in [0.3, 0.4) is 0 Å². The van der Waals surface area contributed by atoms with Crippen LogP contribution >= 0.6 is 0 Å². The molecule has 0 aromatic rings. The van der Waals surface area contributed by atoms with Crippen molar-refractivity contribution in [2.45, 2.75) is 78.1 Å². The number of alkyl halides is 3. The molecule has 5 heteroatoms. The molecule has 0 spiro atoms. The minimum Gasteiger partial charge on any atom is -0.312 e. The van der Waals surface area contributed by atoms with Gasteiger partial charge in [-0.25, -0.2) is 0 Å². The van der Waals surface area contributed by atoms with Gasteiger partial charge in [0.05, 0.1) is 0 Å². The third-order valence-electron chi connectivity index (χ3n) is 3.67. The maximum atomic E-state index is 12.1. The average molecular weight is 296 g/mol. The number of nitrogens with one attached hydrogen (secondary N) is 1. The van der Waals surface area contributed by atoms with Gasteiger partial charge < -0.3 is 10.2 Å². The quantitative estimate of drug-likeness (QED) is 0.614. The Balaban J connectivity index is 3.66. The fraction of sp³-hybridized carbons (Fsp3) is 1.00. The molecule has 0 aromatic carbocycles. The first-order valence-corrected chi connectivity index (χ1v) is 7.83. The van der Waals surface area contributed by atoms with Gasteiger partial charge in [0.15, 0.2) is 0 Å². The van der Waals surface area contributed by atoms with Gasteiger partial charge in [0.2, 0.25) is 0 Å². The van der Waals surface area contributed by atoms with Crippen LogP contribution in [0.4, 0.5) is 13.2 Å². The van der Waals surface area contributed by atoms with E-state index in [1.165, 1.54) is 0 Å². The molecule has 0 bridgehead atoms. The van der Waals surface area contributed by atoms with Crippen LogP contribution in [0.5, 0.6) is 0 Å². The first-order valence-electron chi connectivity index (χ1n) is 7.83. The Kier molecular flexibility index (Phi) is 10.3. The molecule has 0 aliphatic heterocycles. The van der Waals surface area contributed by atoms with E-state index in [0.29, 0.717) is 12.5 Å². The Morgan fingerprint density at radius 3 is 1.90 bits per heavy atom. The van der Waals surface area contributed by atoms with Crippen molar-refractivity contribution >= 4 is 0 Å². The van der Waals surface area contributed by atoms with Crippen molar-refractivity contribution in [3.63, 3.8) is 0 Å². The molecule has 0 saturated carbocycles. The number of rotatable bonds is 11. The molecule has 122 valence electrons. The molecule has 0 aliphatic rings. The molecule has 20 heavy (non-hydrogen) atoms. The Labute approximate surface area is 122 Å². The molecule has 0 aliphatic carbocycles. The van der Waals surface area contributed by atoms with Gasteiger partial charge in [-0.3, -0.25) is 0 Å². The Morgan fingerprint density at radius 2 is 1.45 bits per heavy atom. The molecule has 0 fully saturated rings. The molecule has 2 unspecified atom stereocenters. The van der Waals surface area contributed by atoms with Gasteiger partial charge in [-0.2, -0.15) is 13.2 Å². The fourth-order valence-corrected chi connectivity index (χ4v) is 2.42. The lowest BCUT2D eigenvalue weighted by molar-refractivity contribution is -0.135. The smallest absolute Gasteiger partial charge is 0.312 e. The second-order valence-electron chi connectivity index (χ2n) is 5.65. The summed E-state index contributed by atoms with van der Waals surface area (Å²) in [5.74, 6) is 0. The molecule has 0 amide bonds. The Hall–Kier alpha value is -0.290. The normalized spacial score (nSPS) is 15.6. The van der Waals surface area contributed by atoms with Gasteiger partial charge >= 0.3 is 6.18 Å². The van der Waals surface area contributed by atoms with E-state index in [-0.39, 0.29) is 12.5 Å². The highest BCUT2D eigenvalue weighted by atomic mass is 19.4. The van der Waals surface area contributed by atoms with Crippen molar-refractivity contribution in [3.05, 3.63) is 0 Å². The van der Waals surface area contributed by atoms with Crippen LogP contribution in [0, 0.1) is 0 Å². The van der Waals surface area contributed by atoms with E-state index >= 15 is 0 Å². The van der Waals surface area contributed by atoms with Gasteiger partial charge in [0.25, 0.3) is 0 Å². The minimum absolute atomic E-state index is 0.154. The number of hydrogen-bond donors (Lipinski definition) is 1. The monoisotopic (exact) mass is 296 g/mol. The van der Waals surface area contributed by atoms with Crippen LogP contribution in [0.25, 0.3) is 0 Å². The lowest BCUT2D eigenvalue weighted by Gasteiger charge is -2.22. The molecule has 2 atom stereocenters. The summed E-state index contributed by atoms with van der Waals surface area (Å²) in [6.45, 7) is 11.7. The summed E-state index contributed by atoms with van der Waals surface area (Å²) in [5, 5.41) is 3.39. The summed E-state index contributed by atoms with van der Waals surface area (Å²) in [4.78, 5) is 2.39. The molecule has 2 nitrogen and oxygen atoms in total. The van der Waals surface area contributed by atoms with Crippen molar-refractivity contribution in [1.82, 2.24) is 10.2 Å². The van der Waals surface area contributed by atoms with Crippen LogP contribution in [0.1, 0.15) is 59.8 Å². The van der Waals surface area contributed by atoms with Crippen molar-refractivity contribution < 1.29 is 13.2 Å². The summed E-state index contributed by atoms with van der Waals surface area (Å²) in [6.07, 6.45) is -1.70. The number of hydrogen-bond acceptors (Lipinski definition) is 2. The van der Waals surface area contributed by atoms with Gasteiger partial charge in [-0.05, 0) is 59.2 Å². The topological polar surface area (TPSA) is 15.3 Å². The van der Waals surface area contributed by atoms with Crippen molar-refractivity contribution in [2.75, 3.05) is 19.6 Å². The number of halogens is 3. The van der Waals surface area contributed by atoms with E-state index in [1.807, 2.05) is 6.92 Å². The average Bonchev–Trinajstić information content (AvgIpc) is 2.33. The SMILES string of the molecule is CCN(CC)CCCC(C)NC(C)CCCC(F)(F)F. The van der Waals surface area contributed by atoms with Crippen LogP contribution in [-0.2, 0) is 0 Å². The third kappa shape index (κ3) is 11.5. The highest BCUT2D eigenvalue weighted by Gasteiger charge is 2.26. The van der Waals surface area contributed by atoms with Crippen LogP contribution in [0.15, 0.2) is 0 Å². The van der Waals surface area contributed by atoms with Gasteiger partial charge in [0, 0.05) is 18.5 Å². The molecule has 0 aromatic heterocycles. The van der Waals surface area contributed by atoms with E-state index in [4.69, 9.17) is 0 Å².